The van der Waals surface area contributed by atoms with Crippen LogP contribution in [-0.2, 0) is 11.2 Å². The molecule has 0 unspecified atom stereocenters. The highest BCUT2D eigenvalue weighted by molar-refractivity contribution is 5.69. The molecule has 20 heteroatoms. The Morgan fingerprint density at radius 3 is 0.853 bits per heavy atom. The molecule has 8 nitrogen and oxygen atoms in total. The smallest absolute Gasteiger partial charge is 0.369 e. The van der Waals surface area contributed by atoms with Gasteiger partial charge in [-0.3, -0.25) is 20.2 Å². The van der Waals surface area contributed by atoms with Gasteiger partial charge in [0.1, 0.15) is 0 Å². The number of hydrogen-bond donors (Lipinski definition) is 2. The molecule has 0 amide bonds. The van der Waals surface area contributed by atoms with E-state index in [1.165, 1.54) is 0 Å². The minimum Gasteiger partial charge on any atom is -0.369 e. The van der Waals surface area contributed by atoms with Crippen LogP contribution in [0.1, 0.15) is 22.3 Å². The molecule has 2 N–H and O–H groups in total. The number of hydrogen-bond acceptors (Lipinski definition) is 6. The molecule has 1 rings (SSSR count). The summed E-state index contributed by atoms with van der Waals surface area (Å²) >= 11 is 0. The minimum atomic E-state index is -6.98. The van der Waals surface area contributed by atoms with Gasteiger partial charge >= 0.3 is 24.7 Å². The Hall–Kier alpha value is -2.90. The lowest BCUT2D eigenvalue weighted by molar-refractivity contribution is -0.410. The van der Waals surface area contributed by atoms with E-state index in [4.69, 9.17) is 0 Å². The third-order valence-corrected chi connectivity index (χ3v) is 4.66. The van der Waals surface area contributed by atoms with Gasteiger partial charge in [0.15, 0.2) is 0 Å². The van der Waals surface area contributed by atoms with Crippen molar-refractivity contribution in [3.8, 4) is 0 Å². The van der Waals surface area contributed by atoms with Gasteiger partial charge < -0.3 is 10.2 Å². The van der Waals surface area contributed by atoms with Crippen molar-refractivity contribution in [2.75, 3.05) is 0 Å². The third-order valence-electron chi connectivity index (χ3n) is 4.66. The molecule has 34 heavy (non-hydrogen) atoms. The maximum atomic E-state index is 13.3. The lowest BCUT2D eigenvalue weighted by Crippen LogP contribution is -2.56. The first kappa shape index (κ1) is 29.1. The molecule has 0 bridgehead atoms. The van der Waals surface area contributed by atoms with Crippen molar-refractivity contribution >= 4 is 11.4 Å². The molecule has 0 saturated heterocycles. The zero-order chi connectivity index (χ0) is 27.6. The summed E-state index contributed by atoms with van der Waals surface area (Å²) in [5, 5.41) is 41.7. The second-order valence-corrected chi connectivity index (χ2v) is 6.62. The van der Waals surface area contributed by atoms with Gasteiger partial charge in [-0.15, -0.1) is 0 Å². The van der Waals surface area contributed by atoms with E-state index in [1.54, 1.807) is 0 Å². The number of aliphatic hydroxyl groups is 2. The van der Waals surface area contributed by atoms with E-state index in [1.807, 2.05) is 0 Å². The summed E-state index contributed by atoms with van der Waals surface area (Å²) in [6.45, 7) is -0.585. The fourth-order valence-electron chi connectivity index (χ4n) is 3.20. The van der Waals surface area contributed by atoms with Gasteiger partial charge in [0.2, 0.25) is 0 Å². The SMILES string of the molecule is Cc1c([N+](=O)[O-])c(C(O)(C(F)(F)F)C(F)(F)F)c(C)c([N+](=O)[O-])c1C(O)(C(F)(F)F)C(F)(F)F. The van der Waals surface area contributed by atoms with Crippen molar-refractivity contribution in [3.05, 3.63) is 42.5 Å². The molecule has 194 valence electrons. The normalized spacial score (nSPS) is 14.4. The van der Waals surface area contributed by atoms with E-state index in [9.17, 15) is 83.1 Å². The van der Waals surface area contributed by atoms with Crippen molar-refractivity contribution in [3.63, 3.8) is 0 Å². The van der Waals surface area contributed by atoms with Gasteiger partial charge in [0, 0.05) is 11.1 Å². The number of nitro benzene ring substituents is 2. The summed E-state index contributed by atoms with van der Waals surface area (Å²) in [4.78, 5) is 18.0. The molecule has 0 aliphatic rings. The highest BCUT2D eigenvalue weighted by Crippen LogP contribution is 2.60. The van der Waals surface area contributed by atoms with Crippen molar-refractivity contribution < 1.29 is 72.7 Å². The van der Waals surface area contributed by atoms with Crippen LogP contribution < -0.4 is 0 Å². The van der Waals surface area contributed by atoms with Crippen molar-refractivity contribution in [2.24, 2.45) is 0 Å². The standard InChI is InChI=1S/C14H8F12N2O6/c1-3-5(9(29,11(15,16)17)12(18,19)20)8(28(33)34)4(2)6(7(3)27(31)32)10(30,13(21,22)23)14(24,25)26/h29-30H,1-2H3. The number of alkyl halides is 12. The summed E-state index contributed by atoms with van der Waals surface area (Å²) < 4.78 is 160. The van der Waals surface area contributed by atoms with Crippen LogP contribution in [0, 0.1) is 34.1 Å². The molecule has 1 aromatic rings. The van der Waals surface area contributed by atoms with Crippen LogP contribution in [0.3, 0.4) is 0 Å². The van der Waals surface area contributed by atoms with Crippen molar-refractivity contribution in [2.45, 2.75) is 49.8 Å². The number of nitrogens with zero attached hydrogens (tertiary/aromatic N) is 2. The van der Waals surface area contributed by atoms with E-state index in [2.05, 4.69) is 0 Å². The van der Waals surface area contributed by atoms with Gasteiger partial charge in [-0.05, 0) is 13.8 Å². The summed E-state index contributed by atoms with van der Waals surface area (Å²) in [7, 11) is 0. The van der Waals surface area contributed by atoms with E-state index >= 15 is 0 Å². The van der Waals surface area contributed by atoms with E-state index < -0.39 is 79.4 Å². The first-order valence-corrected chi connectivity index (χ1v) is 7.89. The Kier molecular flexibility index (Phi) is 6.70. The number of nitro groups is 2. The quantitative estimate of drug-likeness (QED) is 0.330. The van der Waals surface area contributed by atoms with E-state index in [0.29, 0.717) is 0 Å². The van der Waals surface area contributed by atoms with Crippen LogP contribution in [0.25, 0.3) is 0 Å². The number of benzene rings is 1. The summed E-state index contributed by atoms with van der Waals surface area (Å²) in [5.41, 5.74) is -29.4. The summed E-state index contributed by atoms with van der Waals surface area (Å²) in [5.74, 6) is 0. The Morgan fingerprint density at radius 2 is 0.735 bits per heavy atom. The molecule has 0 spiro atoms. The van der Waals surface area contributed by atoms with Crippen molar-refractivity contribution in [1.29, 1.82) is 0 Å². The second kappa shape index (κ2) is 7.82. The van der Waals surface area contributed by atoms with Crippen LogP contribution >= 0.6 is 0 Å². The minimum absolute atomic E-state index is 0.293. The zero-order valence-electron chi connectivity index (χ0n) is 16.0. The van der Waals surface area contributed by atoms with E-state index in [-0.39, 0.29) is 13.8 Å². The number of rotatable bonds is 4. The zero-order valence-corrected chi connectivity index (χ0v) is 16.0. The molecular formula is C14H8F12N2O6. The molecular weight excluding hydrogens is 520 g/mol. The van der Waals surface area contributed by atoms with Crippen LogP contribution in [0.2, 0.25) is 0 Å². The fourth-order valence-corrected chi connectivity index (χ4v) is 3.20. The van der Waals surface area contributed by atoms with Gasteiger partial charge in [-0.25, -0.2) is 0 Å². The van der Waals surface area contributed by atoms with Gasteiger partial charge in [-0.2, -0.15) is 52.7 Å². The van der Waals surface area contributed by atoms with Gasteiger partial charge in [0.05, 0.1) is 21.0 Å². The molecule has 0 atom stereocenters. The highest BCUT2D eigenvalue weighted by atomic mass is 19.4. The predicted molar refractivity (Wildman–Crippen MR) is 81.2 cm³/mol. The van der Waals surface area contributed by atoms with E-state index in [0.717, 1.165) is 0 Å². The monoisotopic (exact) mass is 528 g/mol. The second-order valence-electron chi connectivity index (χ2n) is 6.62. The lowest BCUT2D eigenvalue weighted by atomic mass is 9.78. The fraction of sp³-hybridized carbons (Fsp3) is 0.571. The first-order chi connectivity index (χ1) is 14.7. The molecule has 0 aliphatic heterocycles. The van der Waals surface area contributed by atoms with Gasteiger partial charge in [-0.1, -0.05) is 0 Å². The Bertz CT molecular complexity index is 915. The molecule has 0 fully saturated rings. The third kappa shape index (κ3) is 3.87. The lowest BCUT2D eigenvalue weighted by Gasteiger charge is -2.36. The van der Waals surface area contributed by atoms with Crippen LogP contribution in [-0.4, -0.2) is 44.8 Å². The summed E-state index contributed by atoms with van der Waals surface area (Å²) in [6.07, 6.45) is -27.9. The maximum absolute atomic E-state index is 13.3. The molecule has 0 saturated carbocycles. The largest absolute Gasteiger partial charge is 0.430 e. The van der Waals surface area contributed by atoms with Crippen LogP contribution in [0.4, 0.5) is 64.1 Å². The average molecular weight is 528 g/mol. The highest BCUT2D eigenvalue weighted by Gasteiger charge is 2.77. The van der Waals surface area contributed by atoms with Crippen molar-refractivity contribution in [1.82, 2.24) is 0 Å². The topological polar surface area (TPSA) is 127 Å². The molecule has 1 aromatic carbocycles. The van der Waals surface area contributed by atoms with Gasteiger partial charge in [0.25, 0.3) is 22.6 Å². The molecule has 0 radical (unpaired) electrons. The van der Waals surface area contributed by atoms with Crippen LogP contribution in [0.15, 0.2) is 0 Å². The molecule has 0 aromatic heterocycles. The molecule has 0 aliphatic carbocycles. The molecule has 0 heterocycles. The van der Waals surface area contributed by atoms with Crippen LogP contribution in [0.5, 0.6) is 0 Å². The Balaban J connectivity index is 4.73. The average Bonchev–Trinajstić information content (AvgIpc) is 2.56. The Labute approximate surface area is 177 Å². The Morgan fingerprint density at radius 1 is 0.559 bits per heavy atom. The first-order valence-electron chi connectivity index (χ1n) is 7.89. The summed E-state index contributed by atoms with van der Waals surface area (Å²) in [6, 6.07) is 0. The maximum Gasteiger partial charge on any atom is 0.430 e. The predicted octanol–water partition coefficient (Wildman–Crippen LogP) is 4.74. The number of halogens is 12.